The fraction of sp³-hybridized carbons (Fsp3) is 0.333. The van der Waals surface area contributed by atoms with E-state index in [9.17, 15) is 9.59 Å². The Morgan fingerprint density at radius 2 is 1.87 bits per heavy atom. The molecule has 3 aromatic rings. The molecule has 0 saturated carbocycles. The van der Waals surface area contributed by atoms with Gasteiger partial charge in [0.2, 0.25) is 11.8 Å². The largest absolute Gasteiger partial charge is 0.356 e. The van der Waals surface area contributed by atoms with Crippen LogP contribution in [0.1, 0.15) is 43.1 Å². The van der Waals surface area contributed by atoms with Crippen molar-refractivity contribution in [1.29, 1.82) is 0 Å². The lowest BCUT2D eigenvalue weighted by molar-refractivity contribution is -0.160. The van der Waals surface area contributed by atoms with Crippen LogP contribution in [0.2, 0.25) is 5.02 Å². The number of aromatic nitrogens is 1. The van der Waals surface area contributed by atoms with Gasteiger partial charge in [-0.25, -0.2) is 0 Å². The summed E-state index contributed by atoms with van der Waals surface area (Å²) in [7, 11) is 0. The van der Waals surface area contributed by atoms with E-state index in [-0.39, 0.29) is 30.4 Å². The van der Waals surface area contributed by atoms with Gasteiger partial charge in [-0.15, -0.1) is 0 Å². The minimum absolute atomic E-state index is 0.0100. The molecule has 2 amide bonds. The smallest absolute Gasteiger partial charge is 0.246 e. The minimum Gasteiger partial charge on any atom is -0.356 e. The maximum Gasteiger partial charge on any atom is 0.246 e. The van der Waals surface area contributed by atoms with Gasteiger partial charge in [-0.1, -0.05) is 48.9 Å². The summed E-state index contributed by atoms with van der Waals surface area (Å²) in [4.78, 5) is 34.0. The molecule has 0 spiro atoms. The molecule has 0 radical (unpaired) electrons. The molecule has 5 rings (SSSR count). The third-order valence-electron chi connectivity index (χ3n) is 6.60. The lowest BCUT2D eigenvalue weighted by atomic mass is 9.86. The normalized spacial score (nSPS) is 22.2. The summed E-state index contributed by atoms with van der Waals surface area (Å²) in [6.07, 6.45) is 1.35. The SMILES string of the molecule is CCC(C)N1CC(=O)N2C(Cc3c([nH]c4ccccc34)C2c2ccc(Cl)cc2)C1=O. The standard InChI is InChI=1S/C24H24ClN3O2/c1-3-14(2)27-13-21(29)28-20(24(27)30)12-18-17-6-4-5-7-19(17)26-22(18)23(28)15-8-10-16(25)11-9-15/h4-11,14,20,23,26H,3,12-13H2,1-2H3. The first-order valence-electron chi connectivity index (χ1n) is 10.5. The van der Waals surface area contributed by atoms with Crippen LogP contribution in [0.4, 0.5) is 0 Å². The molecule has 3 atom stereocenters. The Morgan fingerprint density at radius 1 is 1.13 bits per heavy atom. The molecular weight excluding hydrogens is 398 g/mol. The molecule has 30 heavy (non-hydrogen) atoms. The number of halogens is 1. The van der Waals surface area contributed by atoms with Crippen molar-refractivity contribution in [2.24, 2.45) is 0 Å². The Bertz CT molecular complexity index is 1140. The number of nitrogens with one attached hydrogen (secondary N) is 1. The number of nitrogens with zero attached hydrogens (tertiary/aromatic N) is 2. The second kappa shape index (κ2) is 7.17. The predicted octanol–water partition coefficient (Wildman–Crippen LogP) is 4.30. The summed E-state index contributed by atoms with van der Waals surface area (Å²) in [5.41, 5.74) is 4.10. The van der Waals surface area contributed by atoms with Crippen LogP contribution in [0, 0.1) is 0 Å². The van der Waals surface area contributed by atoms with E-state index in [1.54, 1.807) is 9.80 Å². The van der Waals surface area contributed by atoms with Crippen molar-refractivity contribution < 1.29 is 9.59 Å². The lowest BCUT2D eigenvalue weighted by Gasteiger charge is -2.48. The monoisotopic (exact) mass is 421 g/mol. The molecule has 2 aromatic carbocycles. The van der Waals surface area contributed by atoms with Crippen molar-refractivity contribution in [2.45, 2.75) is 44.8 Å². The quantitative estimate of drug-likeness (QED) is 0.685. The fourth-order valence-electron chi connectivity index (χ4n) is 4.87. The van der Waals surface area contributed by atoms with E-state index in [1.165, 1.54) is 0 Å². The highest BCUT2D eigenvalue weighted by atomic mass is 35.5. The Hall–Kier alpha value is -2.79. The van der Waals surface area contributed by atoms with Gasteiger partial charge in [0.25, 0.3) is 0 Å². The number of amides is 2. The van der Waals surface area contributed by atoms with Crippen LogP contribution in [0.15, 0.2) is 48.5 Å². The van der Waals surface area contributed by atoms with Gasteiger partial charge in [0.15, 0.2) is 0 Å². The minimum atomic E-state index is -0.493. The first-order valence-corrected chi connectivity index (χ1v) is 10.8. The van der Waals surface area contributed by atoms with E-state index in [0.717, 1.165) is 34.1 Å². The van der Waals surface area contributed by atoms with Gasteiger partial charge < -0.3 is 14.8 Å². The third-order valence-corrected chi connectivity index (χ3v) is 6.85. The molecule has 5 nitrogen and oxygen atoms in total. The Kier molecular flexibility index (Phi) is 4.58. The van der Waals surface area contributed by atoms with Crippen molar-refractivity contribution in [2.75, 3.05) is 6.54 Å². The molecule has 2 aliphatic rings. The maximum absolute atomic E-state index is 13.5. The van der Waals surface area contributed by atoms with Gasteiger partial charge in [0, 0.05) is 34.1 Å². The lowest BCUT2D eigenvalue weighted by Crippen LogP contribution is -2.64. The first-order chi connectivity index (χ1) is 14.5. The van der Waals surface area contributed by atoms with Crippen LogP contribution < -0.4 is 0 Å². The molecule has 0 bridgehead atoms. The molecule has 0 aliphatic carbocycles. The van der Waals surface area contributed by atoms with Crippen molar-refractivity contribution in [3.05, 3.63) is 70.4 Å². The average molecular weight is 422 g/mol. The number of rotatable bonds is 3. The van der Waals surface area contributed by atoms with Crippen molar-refractivity contribution in [1.82, 2.24) is 14.8 Å². The summed E-state index contributed by atoms with van der Waals surface area (Å²) in [6.45, 7) is 4.19. The van der Waals surface area contributed by atoms with Crippen LogP contribution in [0.3, 0.4) is 0 Å². The van der Waals surface area contributed by atoms with Crippen molar-refractivity contribution in [3.8, 4) is 0 Å². The Balaban J connectivity index is 1.70. The average Bonchev–Trinajstić information content (AvgIpc) is 3.13. The molecular formula is C24H24ClN3O2. The number of benzene rings is 2. The zero-order chi connectivity index (χ0) is 21.0. The molecule has 6 heteroatoms. The number of hydrogen-bond acceptors (Lipinski definition) is 2. The predicted molar refractivity (Wildman–Crippen MR) is 117 cm³/mol. The molecule has 3 heterocycles. The third kappa shape index (κ3) is 2.83. The molecule has 1 aromatic heterocycles. The number of hydrogen-bond donors (Lipinski definition) is 1. The fourth-order valence-corrected chi connectivity index (χ4v) is 5.00. The zero-order valence-corrected chi connectivity index (χ0v) is 17.8. The van der Waals surface area contributed by atoms with Crippen LogP contribution in [0.25, 0.3) is 10.9 Å². The first kappa shape index (κ1) is 19.2. The van der Waals surface area contributed by atoms with E-state index in [2.05, 4.69) is 11.1 Å². The summed E-state index contributed by atoms with van der Waals surface area (Å²) >= 11 is 6.13. The number of carbonyl (C=O) groups is 2. The van der Waals surface area contributed by atoms with Gasteiger partial charge in [-0.05, 0) is 42.7 Å². The van der Waals surface area contributed by atoms with Crippen LogP contribution in [-0.2, 0) is 16.0 Å². The molecule has 1 N–H and O–H groups in total. The van der Waals surface area contributed by atoms with Crippen LogP contribution in [-0.4, -0.2) is 45.2 Å². The summed E-state index contributed by atoms with van der Waals surface area (Å²) in [5, 5.41) is 1.76. The molecule has 3 unspecified atom stereocenters. The van der Waals surface area contributed by atoms with Gasteiger partial charge in [0.05, 0.1) is 6.04 Å². The Labute approximate surface area is 180 Å². The van der Waals surface area contributed by atoms with Crippen LogP contribution >= 0.6 is 11.6 Å². The maximum atomic E-state index is 13.5. The number of carbonyl (C=O) groups excluding carboxylic acids is 2. The second-order valence-electron chi connectivity index (χ2n) is 8.26. The molecule has 2 aliphatic heterocycles. The summed E-state index contributed by atoms with van der Waals surface area (Å²) in [6, 6.07) is 14.9. The Morgan fingerprint density at radius 3 is 2.60 bits per heavy atom. The number of fused-ring (bicyclic) bond motifs is 4. The number of H-pyrrole nitrogens is 1. The van der Waals surface area contributed by atoms with E-state index in [1.807, 2.05) is 56.3 Å². The molecule has 154 valence electrons. The van der Waals surface area contributed by atoms with E-state index in [0.29, 0.717) is 11.4 Å². The topological polar surface area (TPSA) is 56.4 Å². The number of piperazine rings is 1. The number of aromatic amines is 1. The van der Waals surface area contributed by atoms with Gasteiger partial charge in [-0.3, -0.25) is 9.59 Å². The number of para-hydroxylation sites is 1. The van der Waals surface area contributed by atoms with Crippen molar-refractivity contribution >= 4 is 34.3 Å². The summed E-state index contributed by atoms with van der Waals surface area (Å²) in [5.74, 6) is 0.0306. The van der Waals surface area contributed by atoms with E-state index >= 15 is 0 Å². The molecule has 1 saturated heterocycles. The van der Waals surface area contributed by atoms with Gasteiger partial charge >= 0.3 is 0 Å². The zero-order valence-electron chi connectivity index (χ0n) is 17.1. The van der Waals surface area contributed by atoms with Crippen molar-refractivity contribution in [3.63, 3.8) is 0 Å². The highest BCUT2D eigenvalue weighted by Gasteiger charge is 2.48. The van der Waals surface area contributed by atoms with Gasteiger partial charge in [-0.2, -0.15) is 0 Å². The second-order valence-corrected chi connectivity index (χ2v) is 8.70. The summed E-state index contributed by atoms with van der Waals surface area (Å²) < 4.78 is 0. The van der Waals surface area contributed by atoms with Crippen LogP contribution in [0.5, 0.6) is 0 Å². The van der Waals surface area contributed by atoms with Gasteiger partial charge in [0.1, 0.15) is 12.6 Å². The van der Waals surface area contributed by atoms with E-state index in [4.69, 9.17) is 11.6 Å². The highest BCUT2D eigenvalue weighted by Crippen LogP contribution is 2.42. The van der Waals surface area contributed by atoms with E-state index < -0.39 is 6.04 Å². The molecule has 1 fully saturated rings. The highest BCUT2D eigenvalue weighted by molar-refractivity contribution is 6.30.